The summed E-state index contributed by atoms with van der Waals surface area (Å²) >= 11 is 0. The van der Waals surface area contributed by atoms with Crippen LogP contribution in [0.25, 0.3) is 0 Å². The van der Waals surface area contributed by atoms with E-state index in [2.05, 4.69) is 0 Å². The topological polar surface area (TPSA) is 55.6 Å². The summed E-state index contributed by atoms with van der Waals surface area (Å²) in [4.78, 5) is 16.4. The van der Waals surface area contributed by atoms with E-state index in [1.807, 2.05) is 12.1 Å². The van der Waals surface area contributed by atoms with E-state index in [1.165, 1.54) is 5.06 Å². The highest BCUT2D eigenvalue weighted by Crippen LogP contribution is 2.25. The Labute approximate surface area is 75.8 Å². The number of rotatable bonds is 1. The van der Waals surface area contributed by atoms with Gasteiger partial charge < -0.3 is 5.73 Å². The van der Waals surface area contributed by atoms with Crippen LogP contribution in [0.4, 0.5) is 11.4 Å². The molecule has 0 aromatic heterocycles. The normalized spacial score (nSPS) is 16.6. The molecule has 0 bridgehead atoms. The van der Waals surface area contributed by atoms with E-state index in [9.17, 15) is 4.79 Å². The summed E-state index contributed by atoms with van der Waals surface area (Å²) in [6, 6.07) is 7.14. The number of carbonyl (C=O) groups is 1. The van der Waals surface area contributed by atoms with Crippen LogP contribution < -0.4 is 10.8 Å². The lowest BCUT2D eigenvalue weighted by Gasteiger charge is -2.15. The van der Waals surface area contributed by atoms with Crippen molar-refractivity contribution >= 4 is 17.3 Å². The van der Waals surface area contributed by atoms with E-state index in [1.54, 1.807) is 12.1 Å². The zero-order chi connectivity index (χ0) is 9.26. The van der Waals surface area contributed by atoms with E-state index in [-0.39, 0.29) is 5.91 Å². The Morgan fingerprint density at radius 1 is 1.38 bits per heavy atom. The minimum absolute atomic E-state index is 0.0436. The van der Waals surface area contributed by atoms with Gasteiger partial charge in [-0.05, 0) is 12.1 Å². The number of nitrogens with zero attached hydrogens (tertiary/aromatic N) is 1. The molecule has 0 unspecified atom stereocenters. The van der Waals surface area contributed by atoms with Crippen LogP contribution in [0.1, 0.15) is 6.42 Å². The van der Waals surface area contributed by atoms with Crippen molar-refractivity contribution in [1.29, 1.82) is 0 Å². The van der Waals surface area contributed by atoms with Crippen molar-refractivity contribution in [3.05, 3.63) is 24.3 Å². The van der Waals surface area contributed by atoms with Gasteiger partial charge in [0.1, 0.15) is 0 Å². The summed E-state index contributed by atoms with van der Waals surface area (Å²) < 4.78 is 0. The van der Waals surface area contributed by atoms with Gasteiger partial charge in [-0.3, -0.25) is 9.63 Å². The van der Waals surface area contributed by atoms with Crippen LogP contribution >= 0.6 is 0 Å². The van der Waals surface area contributed by atoms with Crippen LogP contribution in [0.2, 0.25) is 0 Å². The zero-order valence-corrected chi connectivity index (χ0v) is 7.06. The first kappa shape index (κ1) is 8.07. The molecule has 0 aliphatic carbocycles. The molecule has 0 atom stereocenters. The molecule has 1 aromatic carbocycles. The van der Waals surface area contributed by atoms with E-state index >= 15 is 0 Å². The Morgan fingerprint density at radius 2 is 2.15 bits per heavy atom. The average Bonchev–Trinajstić information content (AvgIpc) is 2.52. The molecule has 1 aliphatic heterocycles. The van der Waals surface area contributed by atoms with Crippen LogP contribution in [0.15, 0.2) is 24.3 Å². The molecule has 1 fully saturated rings. The van der Waals surface area contributed by atoms with Crippen molar-refractivity contribution in [2.45, 2.75) is 6.42 Å². The van der Waals surface area contributed by atoms with Gasteiger partial charge in [0, 0.05) is 0 Å². The molecule has 1 aromatic rings. The van der Waals surface area contributed by atoms with Gasteiger partial charge in [-0.15, -0.1) is 0 Å². The fraction of sp³-hybridized carbons (Fsp3) is 0.222. The SMILES string of the molecule is Nc1ccccc1N1OCCC1=O. The van der Waals surface area contributed by atoms with Gasteiger partial charge in [0.25, 0.3) is 5.91 Å². The van der Waals surface area contributed by atoms with Crippen LogP contribution in [-0.4, -0.2) is 12.5 Å². The molecule has 0 spiro atoms. The van der Waals surface area contributed by atoms with Crippen molar-refractivity contribution in [3.63, 3.8) is 0 Å². The highest BCUT2D eigenvalue weighted by molar-refractivity contribution is 5.95. The number of hydrogen-bond donors (Lipinski definition) is 1. The summed E-state index contributed by atoms with van der Waals surface area (Å²) in [6.07, 6.45) is 0.425. The molecule has 2 N–H and O–H groups in total. The number of nitrogen functional groups attached to an aromatic ring is 1. The van der Waals surface area contributed by atoms with Crippen molar-refractivity contribution in [1.82, 2.24) is 0 Å². The van der Waals surface area contributed by atoms with Gasteiger partial charge in [-0.2, -0.15) is 5.06 Å². The summed E-state index contributed by atoms with van der Waals surface area (Å²) in [7, 11) is 0. The molecule has 0 radical (unpaired) electrons. The Morgan fingerprint density at radius 3 is 2.77 bits per heavy atom. The smallest absolute Gasteiger partial charge is 0.253 e. The number of hydrogen-bond acceptors (Lipinski definition) is 3. The van der Waals surface area contributed by atoms with Gasteiger partial charge in [0.05, 0.1) is 24.4 Å². The molecule has 1 aliphatic rings. The summed E-state index contributed by atoms with van der Waals surface area (Å²) in [5.41, 5.74) is 6.87. The fourth-order valence-corrected chi connectivity index (χ4v) is 1.27. The molecule has 1 saturated heterocycles. The lowest BCUT2D eigenvalue weighted by molar-refractivity contribution is -0.119. The van der Waals surface area contributed by atoms with E-state index in [4.69, 9.17) is 10.6 Å². The molecule has 0 saturated carbocycles. The first-order valence-electron chi connectivity index (χ1n) is 4.09. The van der Waals surface area contributed by atoms with Gasteiger partial charge >= 0.3 is 0 Å². The van der Waals surface area contributed by atoms with Crippen molar-refractivity contribution in [2.24, 2.45) is 0 Å². The third kappa shape index (κ3) is 1.36. The number of amides is 1. The Bertz CT molecular complexity index is 338. The van der Waals surface area contributed by atoms with Crippen LogP contribution in [0.3, 0.4) is 0 Å². The number of nitrogens with two attached hydrogens (primary N) is 1. The average molecular weight is 178 g/mol. The van der Waals surface area contributed by atoms with Gasteiger partial charge in [-0.1, -0.05) is 12.1 Å². The van der Waals surface area contributed by atoms with Crippen LogP contribution in [0, 0.1) is 0 Å². The highest BCUT2D eigenvalue weighted by atomic mass is 16.7. The monoisotopic (exact) mass is 178 g/mol. The largest absolute Gasteiger partial charge is 0.397 e. The first-order valence-corrected chi connectivity index (χ1v) is 4.09. The molecule has 68 valence electrons. The number of hydroxylamine groups is 1. The second kappa shape index (κ2) is 3.06. The molecule has 13 heavy (non-hydrogen) atoms. The first-order chi connectivity index (χ1) is 6.29. The fourth-order valence-electron chi connectivity index (χ4n) is 1.27. The van der Waals surface area contributed by atoms with Crippen LogP contribution in [0.5, 0.6) is 0 Å². The third-order valence-corrected chi connectivity index (χ3v) is 1.92. The molecule has 1 amide bonds. The van der Waals surface area contributed by atoms with Gasteiger partial charge in [-0.25, -0.2) is 0 Å². The summed E-state index contributed by atoms with van der Waals surface area (Å²) in [6.45, 7) is 0.438. The van der Waals surface area contributed by atoms with Crippen molar-refractivity contribution < 1.29 is 9.63 Å². The maximum absolute atomic E-state index is 11.3. The number of anilines is 2. The number of para-hydroxylation sites is 2. The molecule has 4 heteroatoms. The maximum Gasteiger partial charge on any atom is 0.253 e. The molecule has 2 rings (SSSR count). The Balaban J connectivity index is 2.34. The zero-order valence-electron chi connectivity index (χ0n) is 7.06. The molecule has 4 nitrogen and oxygen atoms in total. The Kier molecular flexibility index (Phi) is 1.90. The van der Waals surface area contributed by atoms with E-state index in [0.717, 1.165) is 0 Å². The maximum atomic E-state index is 11.3. The third-order valence-electron chi connectivity index (χ3n) is 1.92. The minimum atomic E-state index is -0.0436. The minimum Gasteiger partial charge on any atom is -0.397 e. The summed E-state index contributed by atoms with van der Waals surface area (Å²) in [5, 5.41) is 1.26. The van der Waals surface area contributed by atoms with Crippen molar-refractivity contribution in [3.8, 4) is 0 Å². The quantitative estimate of drug-likeness (QED) is 0.651. The second-order valence-electron chi connectivity index (χ2n) is 2.83. The number of benzene rings is 1. The molecular formula is C9H10N2O2. The predicted molar refractivity (Wildman–Crippen MR) is 48.9 cm³/mol. The molecule has 1 heterocycles. The van der Waals surface area contributed by atoms with Crippen LogP contribution in [-0.2, 0) is 9.63 Å². The van der Waals surface area contributed by atoms with Gasteiger partial charge in [0.15, 0.2) is 0 Å². The van der Waals surface area contributed by atoms with E-state index in [0.29, 0.717) is 24.4 Å². The number of carbonyl (C=O) groups excluding carboxylic acids is 1. The lowest BCUT2D eigenvalue weighted by Crippen LogP contribution is -2.23. The van der Waals surface area contributed by atoms with Crippen molar-refractivity contribution in [2.75, 3.05) is 17.4 Å². The standard InChI is InChI=1S/C9H10N2O2/c10-7-3-1-2-4-8(7)11-9(12)5-6-13-11/h1-4H,5-6,10H2. The molecular weight excluding hydrogens is 168 g/mol. The van der Waals surface area contributed by atoms with Gasteiger partial charge in [0.2, 0.25) is 0 Å². The second-order valence-corrected chi connectivity index (χ2v) is 2.83. The predicted octanol–water partition coefficient (Wildman–Crippen LogP) is 0.937. The van der Waals surface area contributed by atoms with E-state index < -0.39 is 0 Å². The lowest BCUT2D eigenvalue weighted by atomic mass is 10.2. The Hall–Kier alpha value is -1.55. The highest BCUT2D eigenvalue weighted by Gasteiger charge is 2.24. The summed E-state index contributed by atoms with van der Waals surface area (Å²) in [5.74, 6) is -0.0436.